The van der Waals surface area contributed by atoms with E-state index < -0.39 is 0 Å². The Labute approximate surface area is 81.6 Å². The zero-order valence-electron chi connectivity index (χ0n) is 7.39. The third-order valence-electron chi connectivity index (χ3n) is 2.06. The molecule has 0 atom stereocenters. The molecule has 1 rings (SSSR count). The van der Waals surface area contributed by atoms with E-state index in [4.69, 9.17) is 5.11 Å². The summed E-state index contributed by atoms with van der Waals surface area (Å²) in [5.41, 5.74) is 3.56. The monoisotopic (exact) mass is 228 g/mol. The Hall–Kier alpha value is -0.340. The van der Waals surface area contributed by atoms with E-state index in [0.29, 0.717) is 0 Å². The fourth-order valence-corrected chi connectivity index (χ4v) is 1.85. The first-order valence-corrected chi connectivity index (χ1v) is 4.87. The van der Waals surface area contributed by atoms with E-state index in [1.165, 1.54) is 11.1 Å². The second-order valence-corrected chi connectivity index (χ2v) is 3.74. The first-order valence-electron chi connectivity index (χ1n) is 4.07. The van der Waals surface area contributed by atoms with E-state index in [9.17, 15) is 0 Å². The molecule has 0 radical (unpaired) electrons. The quantitative estimate of drug-likeness (QED) is 0.826. The molecule has 0 aromatic heterocycles. The predicted molar refractivity (Wildman–Crippen MR) is 54.2 cm³/mol. The summed E-state index contributed by atoms with van der Waals surface area (Å²) in [6.07, 6.45) is 1.02. The van der Waals surface area contributed by atoms with Crippen molar-refractivity contribution in [3.05, 3.63) is 33.3 Å². The van der Waals surface area contributed by atoms with Gasteiger partial charge in [0.05, 0.1) is 6.61 Å². The molecule has 0 fully saturated rings. The lowest BCUT2D eigenvalue weighted by molar-refractivity contribution is 0.281. The summed E-state index contributed by atoms with van der Waals surface area (Å²) in [6.45, 7) is 4.32. The van der Waals surface area contributed by atoms with Gasteiger partial charge in [-0.25, -0.2) is 0 Å². The van der Waals surface area contributed by atoms with Crippen LogP contribution in [0.15, 0.2) is 16.6 Å². The van der Waals surface area contributed by atoms with Crippen LogP contribution in [0.5, 0.6) is 0 Å². The van der Waals surface area contributed by atoms with Crippen molar-refractivity contribution in [3.8, 4) is 0 Å². The average molecular weight is 229 g/mol. The highest BCUT2D eigenvalue weighted by molar-refractivity contribution is 9.10. The molecule has 0 aliphatic heterocycles. The standard InChI is InChI=1S/C10H13BrO/c1-3-8-5-9(6-12)10(11)4-7(8)2/h4-5,12H,3,6H2,1-2H3. The molecule has 0 amide bonds. The number of aliphatic hydroxyl groups excluding tert-OH is 1. The molecule has 0 spiro atoms. The Morgan fingerprint density at radius 2 is 2.00 bits per heavy atom. The van der Waals surface area contributed by atoms with Gasteiger partial charge in [-0.2, -0.15) is 0 Å². The van der Waals surface area contributed by atoms with Crippen LogP contribution in [0.2, 0.25) is 0 Å². The zero-order valence-corrected chi connectivity index (χ0v) is 8.98. The molecular weight excluding hydrogens is 216 g/mol. The lowest BCUT2D eigenvalue weighted by Gasteiger charge is -2.07. The number of aryl methyl sites for hydroxylation is 2. The molecule has 0 saturated heterocycles. The van der Waals surface area contributed by atoms with Crippen molar-refractivity contribution in [3.63, 3.8) is 0 Å². The Kier molecular flexibility index (Phi) is 3.29. The van der Waals surface area contributed by atoms with Crippen molar-refractivity contribution in [2.24, 2.45) is 0 Å². The fourth-order valence-electron chi connectivity index (χ4n) is 1.27. The van der Waals surface area contributed by atoms with Gasteiger partial charge in [-0.05, 0) is 36.1 Å². The Balaban J connectivity index is 3.18. The van der Waals surface area contributed by atoms with E-state index in [0.717, 1.165) is 16.5 Å². The van der Waals surface area contributed by atoms with Crippen LogP contribution in [0.3, 0.4) is 0 Å². The van der Waals surface area contributed by atoms with Crippen molar-refractivity contribution < 1.29 is 5.11 Å². The highest BCUT2D eigenvalue weighted by Crippen LogP contribution is 2.22. The SMILES string of the molecule is CCc1cc(CO)c(Br)cc1C. The number of hydrogen-bond acceptors (Lipinski definition) is 1. The molecule has 0 unspecified atom stereocenters. The molecule has 66 valence electrons. The van der Waals surface area contributed by atoms with Crippen LogP contribution >= 0.6 is 15.9 Å². The summed E-state index contributed by atoms with van der Waals surface area (Å²) in [5, 5.41) is 9.00. The third kappa shape index (κ3) is 1.87. The number of benzene rings is 1. The van der Waals surface area contributed by atoms with Crippen LogP contribution in [0.25, 0.3) is 0 Å². The van der Waals surface area contributed by atoms with Crippen molar-refractivity contribution in [1.29, 1.82) is 0 Å². The average Bonchev–Trinajstić information content (AvgIpc) is 2.05. The molecule has 1 aromatic carbocycles. The summed E-state index contributed by atoms with van der Waals surface area (Å²) in [5.74, 6) is 0. The van der Waals surface area contributed by atoms with Gasteiger partial charge < -0.3 is 5.11 Å². The minimum absolute atomic E-state index is 0.105. The molecule has 0 heterocycles. The molecule has 0 aliphatic rings. The highest BCUT2D eigenvalue weighted by atomic mass is 79.9. The molecule has 0 saturated carbocycles. The zero-order chi connectivity index (χ0) is 9.14. The van der Waals surface area contributed by atoms with E-state index in [-0.39, 0.29) is 6.61 Å². The van der Waals surface area contributed by atoms with Gasteiger partial charge in [-0.15, -0.1) is 0 Å². The summed E-state index contributed by atoms with van der Waals surface area (Å²) < 4.78 is 1.000. The van der Waals surface area contributed by atoms with Gasteiger partial charge in [0.2, 0.25) is 0 Å². The Morgan fingerprint density at radius 1 is 1.33 bits per heavy atom. The first kappa shape index (κ1) is 9.75. The normalized spacial score (nSPS) is 10.3. The second-order valence-electron chi connectivity index (χ2n) is 2.88. The molecular formula is C10H13BrO. The summed E-state index contributed by atoms with van der Waals surface area (Å²) >= 11 is 3.41. The predicted octanol–water partition coefficient (Wildman–Crippen LogP) is 2.81. The van der Waals surface area contributed by atoms with Gasteiger partial charge >= 0.3 is 0 Å². The summed E-state index contributed by atoms with van der Waals surface area (Å²) in [4.78, 5) is 0. The number of hydrogen-bond donors (Lipinski definition) is 1. The van der Waals surface area contributed by atoms with Gasteiger partial charge in [-0.3, -0.25) is 0 Å². The van der Waals surface area contributed by atoms with E-state index in [1.807, 2.05) is 0 Å². The second kappa shape index (κ2) is 4.06. The maximum absolute atomic E-state index is 9.00. The van der Waals surface area contributed by atoms with Crippen LogP contribution in [0.4, 0.5) is 0 Å². The largest absolute Gasteiger partial charge is 0.392 e. The number of aliphatic hydroxyl groups is 1. The van der Waals surface area contributed by atoms with Gasteiger partial charge in [0.1, 0.15) is 0 Å². The van der Waals surface area contributed by atoms with Crippen LogP contribution in [0.1, 0.15) is 23.6 Å². The Bertz CT molecular complexity index is 256. The Morgan fingerprint density at radius 3 is 2.50 bits per heavy atom. The lowest BCUT2D eigenvalue weighted by atomic mass is 10.0. The van der Waals surface area contributed by atoms with E-state index >= 15 is 0 Å². The molecule has 1 aromatic rings. The summed E-state index contributed by atoms with van der Waals surface area (Å²) in [6, 6.07) is 4.11. The van der Waals surface area contributed by atoms with Gasteiger partial charge in [0.15, 0.2) is 0 Å². The van der Waals surface area contributed by atoms with Crippen LogP contribution < -0.4 is 0 Å². The van der Waals surface area contributed by atoms with Crippen LogP contribution in [0, 0.1) is 6.92 Å². The number of halogens is 1. The molecule has 0 aliphatic carbocycles. The molecule has 0 bridgehead atoms. The van der Waals surface area contributed by atoms with Crippen molar-refractivity contribution >= 4 is 15.9 Å². The molecule has 12 heavy (non-hydrogen) atoms. The van der Waals surface area contributed by atoms with E-state index in [2.05, 4.69) is 41.9 Å². The van der Waals surface area contributed by atoms with Crippen LogP contribution in [-0.4, -0.2) is 5.11 Å². The summed E-state index contributed by atoms with van der Waals surface area (Å²) in [7, 11) is 0. The number of rotatable bonds is 2. The van der Waals surface area contributed by atoms with E-state index in [1.54, 1.807) is 0 Å². The van der Waals surface area contributed by atoms with Crippen molar-refractivity contribution in [2.75, 3.05) is 0 Å². The van der Waals surface area contributed by atoms with Crippen molar-refractivity contribution in [1.82, 2.24) is 0 Å². The van der Waals surface area contributed by atoms with Gasteiger partial charge in [0.25, 0.3) is 0 Å². The molecule has 1 nitrogen and oxygen atoms in total. The third-order valence-corrected chi connectivity index (χ3v) is 2.79. The lowest BCUT2D eigenvalue weighted by Crippen LogP contribution is -1.92. The van der Waals surface area contributed by atoms with Gasteiger partial charge in [0, 0.05) is 4.47 Å². The topological polar surface area (TPSA) is 20.2 Å². The highest BCUT2D eigenvalue weighted by Gasteiger charge is 2.02. The minimum atomic E-state index is 0.105. The minimum Gasteiger partial charge on any atom is -0.392 e. The van der Waals surface area contributed by atoms with Crippen LogP contribution in [-0.2, 0) is 13.0 Å². The maximum atomic E-state index is 9.00. The maximum Gasteiger partial charge on any atom is 0.0692 e. The smallest absolute Gasteiger partial charge is 0.0692 e. The first-order chi connectivity index (χ1) is 5.69. The van der Waals surface area contributed by atoms with Crippen molar-refractivity contribution in [2.45, 2.75) is 26.9 Å². The van der Waals surface area contributed by atoms with Gasteiger partial charge in [-0.1, -0.05) is 28.9 Å². The molecule has 2 heteroatoms. The molecule has 1 N–H and O–H groups in total. The fraction of sp³-hybridized carbons (Fsp3) is 0.400.